The van der Waals surface area contributed by atoms with Gasteiger partial charge in [0.2, 0.25) is 15.9 Å². The number of hydrogen-bond donors (Lipinski definition) is 2. The summed E-state index contributed by atoms with van der Waals surface area (Å²) in [6.45, 7) is 0.588. The molecule has 0 bridgehead atoms. The molecule has 1 amide bonds. The van der Waals surface area contributed by atoms with E-state index in [9.17, 15) is 13.2 Å². The quantitative estimate of drug-likeness (QED) is 0.747. The molecular formula is C14H24N4O3S. The van der Waals surface area contributed by atoms with Crippen molar-refractivity contribution in [2.24, 2.45) is 0 Å². The van der Waals surface area contributed by atoms with Crippen molar-refractivity contribution in [1.82, 2.24) is 19.8 Å². The summed E-state index contributed by atoms with van der Waals surface area (Å²) in [4.78, 5) is 13.6. The van der Waals surface area contributed by atoms with E-state index in [0.29, 0.717) is 6.54 Å². The van der Waals surface area contributed by atoms with Crippen molar-refractivity contribution in [3.05, 3.63) is 17.0 Å². The van der Waals surface area contributed by atoms with Crippen LogP contribution in [-0.4, -0.2) is 49.3 Å². The van der Waals surface area contributed by atoms with Gasteiger partial charge in [-0.15, -0.1) is 0 Å². The molecule has 2 N–H and O–H groups in total. The topological polar surface area (TPSA) is 95.2 Å². The van der Waals surface area contributed by atoms with Gasteiger partial charge in [0.05, 0.1) is 18.5 Å². The fraction of sp³-hybridized carbons (Fsp3) is 0.714. The Morgan fingerprint density at radius 3 is 2.77 bits per heavy atom. The number of rotatable bonds is 6. The predicted octanol–water partition coefficient (Wildman–Crippen LogP) is 0.576. The Morgan fingerprint density at radius 1 is 1.32 bits per heavy atom. The second-order valence-electron chi connectivity index (χ2n) is 5.85. The SMILES string of the molecule is CN(Cc1n[nH]c2c1CCCCC2)C(=O)CCNS(C)(=O)=O. The minimum absolute atomic E-state index is 0.0958. The Hall–Kier alpha value is -1.41. The normalized spacial score (nSPS) is 15.2. The van der Waals surface area contributed by atoms with Gasteiger partial charge in [-0.1, -0.05) is 6.42 Å². The highest BCUT2D eigenvalue weighted by atomic mass is 32.2. The zero-order valence-electron chi connectivity index (χ0n) is 13.2. The van der Waals surface area contributed by atoms with Gasteiger partial charge in [-0.3, -0.25) is 9.89 Å². The standard InChI is InChI=1S/C14H24N4O3S/c1-18(14(19)8-9-15-22(2,20)21)10-13-11-6-4-3-5-7-12(11)16-17-13/h15H,3-10H2,1-2H3,(H,16,17). The largest absolute Gasteiger partial charge is 0.340 e. The number of carbonyl (C=O) groups excluding carboxylic acids is 1. The van der Waals surface area contributed by atoms with Gasteiger partial charge in [-0.2, -0.15) is 5.10 Å². The first kappa shape index (κ1) is 17.0. The summed E-state index contributed by atoms with van der Waals surface area (Å²) >= 11 is 0. The summed E-state index contributed by atoms with van der Waals surface area (Å²) in [5.41, 5.74) is 3.39. The number of nitrogens with one attached hydrogen (secondary N) is 2. The number of nitrogens with zero attached hydrogens (tertiary/aromatic N) is 2. The monoisotopic (exact) mass is 328 g/mol. The van der Waals surface area contributed by atoms with E-state index in [1.807, 2.05) is 0 Å². The lowest BCUT2D eigenvalue weighted by Gasteiger charge is -2.17. The van der Waals surface area contributed by atoms with Gasteiger partial charge >= 0.3 is 0 Å². The highest BCUT2D eigenvalue weighted by molar-refractivity contribution is 7.88. The molecule has 22 heavy (non-hydrogen) atoms. The van der Waals surface area contributed by atoms with Gasteiger partial charge in [-0.25, -0.2) is 13.1 Å². The highest BCUT2D eigenvalue weighted by Crippen LogP contribution is 2.22. The maximum Gasteiger partial charge on any atom is 0.223 e. The minimum atomic E-state index is -3.25. The number of hydrogen-bond acceptors (Lipinski definition) is 4. The number of carbonyl (C=O) groups is 1. The van der Waals surface area contributed by atoms with Gasteiger partial charge in [0.1, 0.15) is 0 Å². The number of aromatic amines is 1. The molecule has 1 aliphatic rings. The zero-order chi connectivity index (χ0) is 16.2. The highest BCUT2D eigenvalue weighted by Gasteiger charge is 2.18. The molecule has 1 heterocycles. The van der Waals surface area contributed by atoms with E-state index in [1.165, 1.54) is 24.1 Å². The average molecular weight is 328 g/mol. The van der Waals surface area contributed by atoms with Gasteiger partial charge in [0, 0.05) is 25.7 Å². The summed E-state index contributed by atoms with van der Waals surface area (Å²) < 4.78 is 24.3. The maximum absolute atomic E-state index is 12.0. The Morgan fingerprint density at radius 2 is 2.05 bits per heavy atom. The molecule has 0 saturated carbocycles. The predicted molar refractivity (Wildman–Crippen MR) is 83.8 cm³/mol. The lowest BCUT2D eigenvalue weighted by Crippen LogP contribution is -2.31. The van der Waals surface area contributed by atoms with Gasteiger partial charge in [0.25, 0.3) is 0 Å². The second-order valence-corrected chi connectivity index (χ2v) is 7.69. The number of sulfonamides is 1. The van der Waals surface area contributed by atoms with E-state index in [-0.39, 0.29) is 18.9 Å². The fourth-order valence-corrected chi connectivity index (χ4v) is 3.18. The number of aromatic nitrogens is 2. The Balaban J connectivity index is 1.90. The van der Waals surface area contributed by atoms with Crippen LogP contribution in [0.4, 0.5) is 0 Å². The van der Waals surface area contributed by atoms with Gasteiger partial charge < -0.3 is 4.90 Å². The molecule has 0 atom stereocenters. The number of amides is 1. The molecule has 124 valence electrons. The Bertz CT molecular complexity index is 624. The molecule has 1 aromatic rings. The van der Waals surface area contributed by atoms with Crippen molar-refractivity contribution in [2.75, 3.05) is 19.8 Å². The first-order valence-corrected chi connectivity index (χ1v) is 9.49. The van der Waals surface area contributed by atoms with E-state index < -0.39 is 10.0 Å². The van der Waals surface area contributed by atoms with Crippen LogP contribution in [0.2, 0.25) is 0 Å². The van der Waals surface area contributed by atoms with Crippen molar-refractivity contribution < 1.29 is 13.2 Å². The molecule has 8 heteroatoms. The maximum atomic E-state index is 12.0. The smallest absolute Gasteiger partial charge is 0.223 e. The van der Waals surface area contributed by atoms with Gasteiger partial charge in [-0.05, 0) is 31.2 Å². The molecular weight excluding hydrogens is 304 g/mol. The minimum Gasteiger partial charge on any atom is -0.340 e. The summed E-state index contributed by atoms with van der Waals surface area (Å²) in [6, 6.07) is 0. The van der Waals surface area contributed by atoms with Crippen LogP contribution in [0.5, 0.6) is 0 Å². The molecule has 0 aromatic carbocycles. The number of aryl methyl sites for hydroxylation is 1. The van der Waals surface area contributed by atoms with E-state index in [0.717, 1.165) is 31.2 Å². The van der Waals surface area contributed by atoms with Crippen LogP contribution in [-0.2, 0) is 34.2 Å². The third-order valence-electron chi connectivity index (χ3n) is 3.91. The van der Waals surface area contributed by atoms with Crippen molar-refractivity contribution in [2.45, 2.75) is 45.1 Å². The van der Waals surface area contributed by atoms with Gasteiger partial charge in [0.15, 0.2) is 0 Å². The summed E-state index contributed by atoms with van der Waals surface area (Å²) in [7, 11) is -1.53. The molecule has 0 radical (unpaired) electrons. The molecule has 0 spiro atoms. The number of fused-ring (bicyclic) bond motifs is 1. The van der Waals surface area contributed by atoms with Crippen molar-refractivity contribution in [3.8, 4) is 0 Å². The third-order valence-corrected chi connectivity index (χ3v) is 4.64. The van der Waals surface area contributed by atoms with Crippen LogP contribution >= 0.6 is 0 Å². The fourth-order valence-electron chi connectivity index (χ4n) is 2.70. The van der Waals surface area contributed by atoms with E-state index in [1.54, 1.807) is 11.9 Å². The first-order chi connectivity index (χ1) is 10.4. The van der Waals surface area contributed by atoms with Crippen LogP contribution in [0, 0.1) is 0 Å². The van der Waals surface area contributed by atoms with E-state index in [4.69, 9.17) is 0 Å². The number of H-pyrrole nitrogens is 1. The molecule has 1 aromatic heterocycles. The molecule has 1 aliphatic carbocycles. The third kappa shape index (κ3) is 4.81. The van der Waals surface area contributed by atoms with Crippen LogP contribution in [0.3, 0.4) is 0 Å². The Labute approximate surface area is 131 Å². The molecule has 7 nitrogen and oxygen atoms in total. The van der Waals surface area contributed by atoms with Crippen LogP contribution in [0.1, 0.15) is 42.6 Å². The van der Waals surface area contributed by atoms with Crippen LogP contribution in [0.25, 0.3) is 0 Å². The van der Waals surface area contributed by atoms with Crippen molar-refractivity contribution >= 4 is 15.9 Å². The Kier molecular flexibility index (Phi) is 5.57. The van der Waals surface area contributed by atoms with Crippen molar-refractivity contribution in [1.29, 1.82) is 0 Å². The zero-order valence-corrected chi connectivity index (χ0v) is 14.0. The summed E-state index contributed by atoms with van der Waals surface area (Å²) in [6.07, 6.45) is 6.84. The lowest BCUT2D eigenvalue weighted by atomic mass is 10.1. The van der Waals surface area contributed by atoms with Crippen molar-refractivity contribution in [3.63, 3.8) is 0 Å². The second kappa shape index (κ2) is 7.23. The lowest BCUT2D eigenvalue weighted by molar-refractivity contribution is -0.130. The molecule has 0 fully saturated rings. The van der Waals surface area contributed by atoms with Crippen LogP contribution in [0.15, 0.2) is 0 Å². The van der Waals surface area contributed by atoms with E-state index >= 15 is 0 Å². The van der Waals surface area contributed by atoms with E-state index in [2.05, 4.69) is 14.9 Å². The van der Waals surface area contributed by atoms with Crippen LogP contribution < -0.4 is 4.72 Å². The summed E-state index contributed by atoms with van der Waals surface area (Å²) in [5.74, 6) is -0.0958. The molecule has 0 unspecified atom stereocenters. The molecule has 0 saturated heterocycles. The molecule has 0 aliphatic heterocycles. The first-order valence-electron chi connectivity index (χ1n) is 7.60. The molecule has 2 rings (SSSR count). The summed E-state index contributed by atoms with van der Waals surface area (Å²) in [5, 5.41) is 7.44. The average Bonchev–Trinajstić information content (AvgIpc) is 2.66.